The minimum absolute atomic E-state index is 0.0685. The van der Waals surface area contributed by atoms with E-state index in [2.05, 4.69) is 5.10 Å². The first-order valence-electron chi connectivity index (χ1n) is 8.98. The number of rotatable bonds is 4. The zero-order valence-corrected chi connectivity index (χ0v) is 14.6. The number of nitro groups is 1. The summed E-state index contributed by atoms with van der Waals surface area (Å²) in [6.45, 7) is 0. The molecule has 0 spiro atoms. The third-order valence-corrected chi connectivity index (χ3v) is 5.74. The number of imide groups is 1. The van der Waals surface area contributed by atoms with Crippen LogP contribution in [0.5, 0.6) is 0 Å². The number of nitro benzene ring substituents is 1. The first-order valence-corrected chi connectivity index (χ1v) is 8.98. The van der Waals surface area contributed by atoms with E-state index in [0.29, 0.717) is 17.1 Å². The molecule has 1 saturated heterocycles. The number of benzene rings is 1. The van der Waals surface area contributed by atoms with E-state index in [4.69, 9.17) is 4.42 Å². The maximum Gasteiger partial charge on any atom is 0.280 e. The van der Waals surface area contributed by atoms with Gasteiger partial charge < -0.3 is 4.42 Å². The lowest BCUT2D eigenvalue weighted by Gasteiger charge is -2.13. The van der Waals surface area contributed by atoms with Crippen molar-refractivity contribution in [3.05, 3.63) is 64.4 Å². The quantitative estimate of drug-likeness (QED) is 0.268. The lowest BCUT2D eigenvalue weighted by molar-refractivity contribution is -0.384. The third kappa shape index (κ3) is 2.34. The summed E-state index contributed by atoms with van der Waals surface area (Å²) in [5.41, 5.74) is 0.277. The van der Waals surface area contributed by atoms with Crippen LogP contribution < -0.4 is 0 Å². The Hall–Kier alpha value is -3.55. The highest BCUT2D eigenvalue weighted by atomic mass is 16.6. The van der Waals surface area contributed by atoms with Crippen molar-refractivity contribution < 1.29 is 18.9 Å². The van der Waals surface area contributed by atoms with Gasteiger partial charge in [-0.1, -0.05) is 24.3 Å². The van der Waals surface area contributed by atoms with Crippen LogP contribution in [-0.4, -0.2) is 28.0 Å². The molecular weight excluding hydrogens is 362 g/mol. The molecule has 28 heavy (non-hydrogen) atoms. The minimum Gasteiger partial charge on any atom is -0.455 e. The molecule has 1 saturated carbocycles. The molecule has 0 unspecified atom stereocenters. The van der Waals surface area contributed by atoms with Crippen LogP contribution >= 0.6 is 0 Å². The van der Waals surface area contributed by atoms with E-state index in [1.807, 2.05) is 12.2 Å². The van der Waals surface area contributed by atoms with Crippen molar-refractivity contribution in [1.29, 1.82) is 0 Å². The number of amides is 2. The number of carbonyl (C=O) groups is 2. The van der Waals surface area contributed by atoms with E-state index in [-0.39, 0.29) is 41.2 Å². The molecule has 2 heterocycles. The Bertz CT molecular complexity index is 1040. The predicted molar refractivity (Wildman–Crippen MR) is 98.0 cm³/mol. The summed E-state index contributed by atoms with van der Waals surface area (Å²) in [4.78, 5) is 35.9. The smallest absolute Gasteiger partial charge is 0.280 e. The Labute approximate surface area is 159 Å². The highest BCUT2D eigenvalue weighted by Crippen LogP contribution is 2.52. The van der Waals surface area contributed by atoms with Crippen molar-refractivity contribution in [1.82, 2.24) is 5.01 Å². The minimum atomic E-state index is -0.478. The van der Waals surface area contributed by atoms with Gasteiger partial charge in [-0.15, -0.1) is 0 Å². The summed E-state index contributed by atoms with van der Waals surface area (Å²) in [6.07, 6.45) is 6.21. The van der Waals surface area contributed by atoms with E-state index in [0.717, 1.165) is 11.4 Å². The Kier molecular flexibility index (Phi) is 3.55. The maximum atomic E-state index is 12.6. The predicted octanol–water partition coefficient (Wildman–Crippen LogP) is 3.00. The second-order valence-electron chi connectivity index (χ2n) is 7.21. The van der Waals surface area contributed by atoms with Crippen LogP contribution in [0.3, 0.4) is 0 Å². The third-order valence-electron chi connectivity index (χ3n) is 5.74. The van der Waals surface area contributed by atoms with Crippen LogP contribution in [0.2, 0.25) is 0 Å². The fourth-order valence-electron chi connectivity index (χ4n) is 4.52. The van der Waals surface area contributed by atoms with Crippen LogP contribution in [0.25, 0.3) is 11.3 Å². The Morgan fingerprint density at radius 3 is 2.43 bits per heavy atom. The number of hydrazone groups is 1. The fourth-order valence-corrected chi connectivity index (χ4v) is 4.52. The van der Waals surface area contributed by atoms with Gasteiger partial charge in [0.25, 0.3) is 17.5 Å². The number of allylic oxidation sites excluding steroid dienone is 2. The molecule has 1 aromatic carbocycles. The number of fused-ring (bicyclic) bond motifs is 5. The number of carbonyl (C=O) groups excluding carboxylic acids is 2. The molecule has 1 aliphatic heterocycles. The Balaban J connectivity index is 1.39. The van der Waals surface area contributed by atoms with Gasteiger partial charge in [0.1, 0.15) is 11.5 Å². The first-order chi connectivity index (χ1) is 13.5. The molecule has 2 bridgehead atoms. The summed E-state index contributed by atoms with van der Waals surface area (Å²) in [5, 5.41) is 16.2. The van der Waals surface area contributed by atoms with Crippen LogP contribution in [0.4, 0.5) is 5.69 Å². The summed E-state index contributed by atoms with van der Waals surface area (Å²) < 4.78 is 5.62. The van der Waals surface area contributed by atoms with E-state index < -0.39 is 4.92 Å². The largest absolute Gasteiger partial charge is 0.455 e. The average molecular weight is 377 g/mol. The standard InChI is InChI=1S/C20H15N3O5/c24-19-17-11-5-6-12(9-11)18(17)20(25)22(19)21-10-13-7-8-16(28-13)14-3-1-2-4-15(14)23(26)27/h1-8,10-12,17-18H,9H2/b21-10-/t11-,12-,17-,18+/m0/s1. The van der Waals surface area contributed by atoms with Gasteiger partial charge in [-0.05, 0) is 36.5 Å². The number of para-hydroxylation sites is 1. The molecule has 8 heteroatoms. The lowest BCUT2D eigenvalue weighted by atomic mass is 9.85. The second kappa shape index (κ2) is 5.98. The summed E-state index contributed by atoms with van der Waals surface area (Å²) in [6, 6.07) is 9.43. The molecule has 3 aliphatic rings. The van der Waals surface area contributed by atoms with E-state index in [1.54, 1.807) is 30.3 Å². The number of hydrogen-bond acceptors (Lipinski definition) is 6. The monoisotopic (exact) mass is 377 g/mol. The molecule has 0 N–H and O–H groups in total. The zero-order chi connectivity index (χ0) is 19.4. The molecule has 8 nitrogen and oxygen atoms in total. The zero-order valence-electron chi connectivity index (χ0n) is 14.6. The van der Waals surface area contributed by atoms with Crippen molar-refractivity contribution in [2.45, 2.75) is 6.42 Å². The average Bonchev–Trinajstić information content (AvgIpc) is 3.46. The van der Waals surface area contributed by atoms with Gasteiger partial charge in [-0.2, -0.15) is 10.1 Å². The van der Waals surface area contributed by atoms with Gasteiger partial charge in [0.05, 0.1) is 28.5 Å². The SMILES string of the molecule is O=C1[C@@H]2[C@H](C(=O)N1/N=C\c1ccc(-c3ccccc3[N+](=O)[O-])o1)[C@H]1C=C[C@H]2C1. The highest BCUT2D eigenvalue weighted by molar-refractivity contribution is 6.06. The van der Waals surface area contributed by atoms with Gasteiger partial charge in [0.15, 0.2) is 0 Å². The van der Waals surface area contributed by atoms with E-state index in [9.17, 15) is 19.7 Å². The van der Waals surface area contributed by atoms with Crippen molar-refractivity contribution in [2.24, 2.45) is 28.8 Å². The maximum absolute atomic E-state index is 12.6. The van der Waals surface area contributed by atoms with Gasteiger partial charge in [0, 0.05) is 6.07 Å². The molecular formula is C20H15N3O5. The van der Waals surface area contributed by atoms with Gasteiger partial charge in [-0.25, -0.2) is 0 Å². The lowest BCUT2D eigenvalue weighted by Crippen LogP contribution is -2.28. The van der Waals surface area contributed by atoms with Crippen molar-refractivity contribution >= 4 is 23.7 Å². The summed E-state index contributed by atoms with van der Waals surface area (Å²) >= 11 is 0. The number of nitrogens with zero attached hydrogens (tertiary/aromatic N) is 3. The molecule has 1 aromatic heterocycles. The van der Waals surface area contributed by atoms with E-state index >= 15 is 0 Å². The molecule has 2 fully saturated rings. The molecule has 140 valence electrons. The van der Waals surface area contributed by atoms with Gasteiger partial charge in [-0.3, -0.25) is 19.7 Å². The Morgan fingerprint density at radius 2 is 1.75 bits per heavy atom. The van der Waals surface area contributed by atoms with Crippen LogP contribution in [0.1, 0.15) is 12.2 Å². The molecule has 4 atom stereocenters. The van der Waals surface area contributed by atoms with Crippen LogP contribution in [0, 0.1) is 33.8 Å². The van der Waals surface area contributed by atoms with Crippen LogP contribution in [-0.2, 0) is 9.59 Å². The highest BCUT2D eigenvalue weighted by Gasteiger charge is 2.59. The fraction of sp³-hybridized carbons (Fsp3) is 0.250. The van der Waals surface area contributed by atoms with Gasteiger partial charge in [0.2, 0.25) is 0 Å². The van der Waals surface area contributed by atoms with Crippen molar-refractivity contribution in [3.8, 4) is 11.3 Å². The van der Waals surface area contributed by atoms with E-state index in [1.165, 1.54) is 12.3 Å². The molecule has 2 amide bonds. The number of hydrogen-bond donors (Lipinski definition) is 0. The van der Waals surface area contributed by atoms with Crippen molar-refractivity contribution in [3.63, 3.8) is 0 Å². The Morgan fingerprint density at radius 1 is 1.07 bits per heavy atom. The van der Waals surface area contributed by atoms with Gasteiger partial charge >= 0.3 is 0 Å². The number of furan rings is 1. The summed E-state index contributed by atoms with van der Waals surface area (Å²) in [5.74, 6) is -0.292. The summed E-state index contributed by atoms with van der Waals surface area (Å²) in [7, 11) is 0. The molecule has 5 rings (SSSR count). The molecule has 2 aromatic rings. The normalized spacial score (nSPS) is 27.9. The second-order valence-corrected chi connectivity index (χ2v) is 7.21. The first kappa shape index (κ1) is 16.6. The topological polar surface area (TPSA) is 106 Å². The van der Waals surface area contributed by atoms with Crippen LogP contribution in [0.15, 0.2) is 58.1 Å². The molecule has 0 radical (unpaired) electrons. The van der Waals surface area contributed by atoms with Crippen molar-refractivity contribution in [2.75, 3.05) is 0 Å². The molecule has 2 aliphatic carbocycles.